The summed E-state index contributed by atoms with van der Waals surface area (Å²) < 4.78 is 196. The predicted octanol–water partition coefficient (Wildman–Crippen LogP) is 13.7. The summed E-state index contributed by atoms with van der Waals surface area (Å²) in [7, 11) is 0. The molecule has 294 valence electrons. The summed E-state index contributed by atoms with van der Waals surface area (Å²) in [5, 5.41) is -0.0110. The van der Waals surface area contributed by atoms with Gasteiger partial charge < -0.3 is 14.4 Å². The number of aromatic nitrogens is 1. The molecule has 2 aromatic heterocycles. The fraction of sp³-hybridized carbons (Fsp3) is 0.236. The van der Waals surface area contributed by atoms with Crippen molar-refractivity contribution in [2.24, 2.45) is 0 Å². The van der Waals surface area contributed by atoms with E-state index in [9.17, 15) is 21.9 Å². The average Bonchev–Trinajstić information content (AvgIpc) is 3.97. The van der Waals surface area contributed by atoms with Crippen LogP contribution < -0.4 is 26.2 Å². The van der Waals surface area contributed by atoms with Crippen LogP contribution in [-0.2, 0) is 16.2 Å². The zero-order valence-corrected chi connectivity index (χ0v) is 35.6. The molecule has 5 heteroatoms. The van der Waals surface area contributed by atoms with Gasteiger partial charge in [0.1, 0.15) is 0 Å². The maximum absolute atomic E-state index is 10.4. The first kappa shape index (κ1) is 21.1. The van der Waals surface area contributed by atoms with Crippen LogP contribution in [0.3, 0.4) is 0 Å². The molecule has 0 saturated carbocycles. The molecule has 0 aliphatic carbocycles. The van der Waals surface area contributed by atoms with Crippen molar-refractivity contribution in [2.75, 3.05) is 9.80 Å². The lowest BCUT2D eigenvalue weighted by Crippen LogP contribution is -2.62. The summed E-state index contributed by atoms with van der Waals surface area (Å²) >= 11 is 0.798. The van der Waals surface area contributed by atoms with Crippen LogP contribution in [0.5, 0.6) is 0 Å². The van der Waals surface area contributed by atoms with Gasteiger partial charge in [0, 0.05) is 53.7 Å². The van der Waals surface area contributed by atoms with Gasteiger partial charge in [-0.15, -0.1) is 11.3 Å². The molecule has 60 heavy (non-hydrogen) atoms. The number of hydrogen-bond acceptors (Lipinski definition) is 3. The Morgan fingerprint density at radius 3 is 1.95 bits per heavy atom. The Bertz CT molecular complexity index is 4520. The number of benzene rings is 7. The van der Waals surface area contributed by atoms with Crippen molar-refractivity contribution in [1.82, 2.24) is 4.57 Å². The molecule has 3 aliphatic rings. The van der Waals surface area contributed by atoms with Crippen LogP contribution in [0.2, 0.25) is 0 Å². The first-order valence-electron chi connectivity index (χ1n) is 30.0. The number of fused-ring (bicyclic) bond motifs is 12. The molecule has 7 aromatic carbocycles. The summed E-state index contributed by atoms with van der Waals surface area (Å²) in [5.41, 5.74) is -3.87. The van der Waals surface area contributed by atoms with Crippen molar-refractivity contribution >= 4 is 111 Å². The van der Waals surface area contributed by atoms with E-state index in [0.717, 1.165) is 11.3 Å². The van der Waals surface area contributed by atoms with Crippen LogP contribution in [0, 0.1) is 6.92 Å². The van der Waals surface area contributed by atoms with Crippen molar-refractivity contribution in [3.63, 3.8) is 0 Å². The Kier molecular flexibility index (Phi) is 4.14. The molecule has 0 spiro atoms. The van der Waals surface area contributed by atoms with Gasteiger partial charge in [-0.05, 0) is 128 Å². The van der Waals surface area contributed by atoms with E-state index in [1.165, 1.54) is 21.3 Å². The number of rotatable bonds is 1. The van der Waals surface area contributed by atoms with Crippen molar-refractivity contribution in [3.8, 4) is 5.69 Å². The molecule has 9 aromatic rings. The lowest BCUT2D eigenvalue weighted by atomic mass is 9.33. The molecule has 0 atom stereocenters. The largest absolute Gasteiger partial charge is 0.311 e. The number of anilines is 6. The highest BCUT2D eigenvalue weighted by molar-refractivity contribution is 7.25. The van der Waals surface area contributed by atoms with Crippen molar-refractivity contribution < 1.29 is 27.4 Å². The Morgan fingerprint density at radius 2 is 1.18 bits per heavy atom. The molecule has 5 heterocycles. The Balaban J connectivity index is 1.37. The molecule has 12 rings (SSSR count). The molecular weight excluding hydrogens is 746 g/mol. The third-order valence-corrected chi connectivity index (χ3v) is 12.8. The van der Waals surface area contributed by atoms with Crippen LogP contribution in [0.4, 0.5) is 34.1 Å². The van der Waals surface area contributed by atoms with Gasteiger partial charge in [0.15, 0.2) is 0 Å². The zero-order valence-electron chi connectivity index (χ0n) is 54.8. The molecule has 0 fully saturated rings. The summed E-state index contributed by atoms with van der Waals surface area (Å²) in [6.07, 6.45) is 0. The van der Waals surface area contributed by atoms with E-state index in [1.807, 2.05) is 20.8 Å². The van der Waals surface area contributed by atoms with Crippen molar-refractivity contribution in [3.05, 3.63) is 143 Å². The number of nitrogens with zero attached hydrogens (tertiary/aromatic N) is 3. The monoisotopic (exact) mass is 816 g/mol. The topological polar surface area (TPSA) is 11.4 Å². The highest BCUT2D eigenvalue weighted by Gasteiger charge is 2.46. The second kappa shape index (κ2) is 11.7. The normalized spacial score (nSPS) is 19.1. The zero-order chi connectivity index (χ0) is 58.8. The molecule has 0 amide bonds. The second-order valence-electron chi connectivity index (χ2n) is 19.1. The highest BCUT2D eigenvalue weighted by atomic mass is 32.1. The van der Waals surface area contributed by atoms with Crippen LogP contribution in [0.15, 0.2) is 121 Å². The van der Waals surface area contributed by atoms with Crippen LogP contribution in [0.1, 0.15) is 112 Å². The maximum Gasteiger partial charge on any atom is 0.252 e. The smallest absolute Gasteiger partial charge is 0.252 e. The van der Waals surface area contributed by atoms with Gasteiger partial charge in [0.2, 0.25) is 0 Å². The molecule has 0 unspecified atom stereocenters. The fourth-order valence-corrected chi connectivity index (χ4v) is 9.81. The average molecular weight is 816 g/mol. The summed E-state index contributed by atoms with van der Waals surface area (Å²) in [6.45, 7) is 16.1. The van der Waals surface area contributed by atoms with Crippen LogP contribution in [0.25, 0.3) is 47.7 Å². The van der Waals surface area contributed by atoms with Gasteiger partial charge in [0.25, 0.3) is 6.71 Å². The van der Waals surface area contributed by atoms with E-state index in [2.05, 4.69) is 0 Å². The SMILES string of the molecule is [2H]c1c([2H])c2c3c(c1[2H])-n1c4c([2H])c([2H])c(C(C)(C)C)c([2H])c4c4c([2H])c(C(C)(C)C)c([2H])c(c41)N3c1c([2H])c(C)c([2H])c3c1B2c1c([2H])c(C(C)(C)C)c([2H])c([2H])c1N3c1c([2H])c([2H])c2c(sc3c([2H])c([2H])c([2H])c([2H])c32)c1[2H]. The third kappa shape index (κ3) is 4.84. The van der Waals surface area contributed by atoms with E-state index in [1.54, 1.807) is 41.5 Å². The quantitative estimate of drug-likeness (QED) is 0.153. The van der Waals surface area contributed by atoms with Gasteiger partial charge in [-0.3, -0.25) is 0 Å². The lowest BCUT2D eigenvalue weighted by molar-refractivity contribution is 0.590. The maximum atomic E-state index is 10.4. The standard InChI is InChI=1S/C55H50BN3S/c1-31-24-45-50-46(25-31)59-47-29-34(55(8,9)10)27-39-38-26-32(53(2,3)4)18-22-42(38)58(51(39)47)44-16-13-15-40(52(44)59)56(50)41-28-33(54(5,6)7)19-23-43(41)57(45)35-20-21-37-36-14-11-12-17-48(36)60-49(37)30-35/h11-30H,1-10H3/i11D,12D,13D,14D,15D,16D,17D,18D,19D,20D,21D,22D,23D,24D,25D,26D,27D,28D,29D,30D. The van der Waals surface area contributed by atoms with Crippen LogP contribution >= 0.6 is 11.3 Å². The second-order valence-corrected chi connectivity index (χ2v) is 20.1. The van der Waals surface area contributed by atoms with E-state index in [4.69, 9.17) is 5.48 Å². The van der Waals surface area contributed by atoms with Crippen LogP contribution in [-0.4, -0.2) is 11.3 Å². The van der Waals surface area contributed by atoms with Crippen molar-refractivity contribution in [2.45, 2.75) is 85.5 Å². The van der Waals surface area contributed by atoms with E-state index in [-0.39, 0.29) is 157 Å². The Labute approximate surface area is 386 Å². The first-order chi connectivity index (χ1) is 37.0. The molecule has 3 nitrogen and oxygen atoms in total. The molecule has 3 aliphatic heterocycles. The predicted molar refractivity (Wildman–Crippen MR) is 262 cm³/mol. The minimum Gasteiger partial charge on any atom is -0.311 e. The highest BCUT2D eigenvalue weighted by Crippen LogP contribution is 2.54. The number of para-hydroxylation sites is 1. The van der Waals surface area contributed by atoms with E-state index in [0.29, 0.717) is 0 Å². The molecule has 0 bridgehead atoms. The third-order valence-electron chi connectivity index (χ3n) is 11.8. The van der Waals surface area contributed by atoms with Gasteiger partial charge in [-0.1, -0.05) is 117 Å². The number of hydrogen-bond donors (Lipinski definition) is 0. The first-order valence-corrected chi connectivity index (χ1v) is 20.9. The van der Waals surface area contributed by atoms with Gasteiger partial charge in [-0.2, -0.15) is 0 Å². The fourth-order valence-electron chi connectivity index (χ4n) is 8.84. The summed E-state index contributed by atoms with van der Waals surface area (Å²) in [6, 6.07) is -8.80. The Hall–Kier alpha value is -5.78. The van der Waals surface area contributed by atoms with Gasteiger partial charge in [-0.25, -0.2) is 0 Å². The van der Waals surface area contributed by atoms with Crippen molar-refractivity contribution in [1.29, 1.82) is 0 Å². The minimum absolute atomic E-state index is 0.00998. The lowest BCUT2D eigenvalue weighted by Gasteiger charge is -2.46. The van der Waals surface area contributed by atoms with E-state index < -0.39 is 107 Å². The molecule has 0 saturated heterocycles. The number of thiophene rings is 1. The molecule has 0 N–H and O–H groups in total. The molecular formula is C55H50BN3S. The van der Waals surface area contributed by atoms with Gasteiger partial charge >= 0.3 is 0 Å². The Morgan fingerprint density at radius 1 is 0.500 bits per heavy atom. The van der Waals surface area contributed by atoms with E-state index >= 15 is 0 Å². The molecule has 0 radical (unpaired) electrons. The minimum atomic E-state index is -1.53. The summed E-state index contributed by atoms with van der Waals surface area (Å²) in [5.74, 6) is 0. The van der Waals surface area contributed by atoms with Gasteiger partial charge in [0.05, 0.1) is 55.5 Å². The summed E-state index contributed by atoms with van der Waals surface area (Å²) in [4.78, 5) is 2.73.